The second-order valence-corrected chi connectivity index (χ2v) is 3.14. The minimum atomic E-state index is -1.07. The average molecular weight is 188 g/mol. The molecule has 0 aliphatic heterocycles. The van der Waals surface area contributed by atoms with Gasteiger partial charge in [0.25, 0.3) is 0 Å². The van der Waals surface area contributed by atoms with Gasteiger partial charge >= 0.3 is 5.97 Å². The minimum Gasteiger partial charge on any atom is -0.477 e. The fraction of sp³-hybridized carbons (Fsp3) is 0.429. The van der Waals surface area contributed by atoms with Crippen molar-refractivity contribution in [2.24, 2.45) is 0 Å². The number of nitrogens with zero attached hydrogens (tertiary/aromatic N) is 1. The highest BCUT2D eigenvalue weighted by atomic mass is 35.5. The molecule has 0 aromatic carbocycles. The number of hydrogen-bond donors (Lipinski definition) is 1. The van der Waals surface area contributed by atoms with Gasteiger partial charge in [-0.05, 0) is 24.4 Å². The van der Waals surface area contributed by atoms with Gasteiger partial charge in [-0.2, -0.15) is 0 Å². The Morgan fingerprint density at radius 3 is 2.83 bits per heavy atom. The predicted octanol–water partition coefficient (Wildman–Crippen LogP) is 1.90. The van der Waals surface area contributed by atoms with Crippen LogP contribution in [0.4, 0.5) is 0 Å². The maximum atomic E-state index is 10.7. The van der Waals surface area contributed by atoms with Crippen LogP contribution in [0, 0.1) is 0 Å². The first-order valence-electron chi connectivity index (χ1n) is 3.58. The maximum absolute atomic E-state index is 10.7. The highest BCUT2D eigenvalue weighted by Gasteiger charge is 2.33. The summed E-state index contributed by atoms with van der Waals surface area (Å²) in [5.41, 5.74) is 0.520. The number of aromatic carboxylic acids is 1. The third-order valence-corrected chi connectivity index (χ3v) is 2.11. The van der Waals surface area contributed by atoms with Crippen molar-refractivity contribution in [3.05, 3.63) is 16.5 Å². The highest BCUT2D eigenvalue weighted by Crippen LogP contribution is 2.42. The first kappa shape index (κ1) is 7.61. The number of carbonyl (C=O) groups is 1. The van der Waals surface area contributed by atoms with E-state index in [1.807, 2.05) is 0 Å². The molecule has 2 rings (SSSR count). The summed E-state index contributed by atoms with van der Waals surface area (Å²) >= 11 is 5.50. The molecule has 1 aromatic heterocycles. The lowest BCUT2D eigenvalue weighted by Gasteiger charge is -1.90. The molecule has 0 radical (unpaired) electrons. The van der Waals surface area contributed by atoms with Crippen molar-refractivity contribution in [3.63, 3.8) is 0 Å². The monoisotopic (exact) mass is 187 g/mol. The molecule has 1 saturated carbocycles. The van der Waals surface area contributed by atoms with Crippen LogP contribution < -0.4 is 0 Å². The van der Waals surface area contributed by atoms with Crippen LogP contribution in [-0.4, -0.2) is 16.2 Å². The molecule has 5 heteroatoms. The van der Waals surface area contributed by atoms with E-state index in [0.717, 1.165) is 12.8 Å². The van der Waals surface area contributed by atoms with Crippen LogP contribution in [0.5, 0.6) is 0 Å². The zero-order valence-electron chi connectivity index (χ0n) is 6.08. The molecule has 1 aromatic rings. The molecule has 0 unspecified atom stereocenters. The van der Waals surface area contributed by atoms with Crippen LogP contribution in [0.25, 0.3) is 0 Å². The van der Waals surface area contributed by atoms with E-state index in [0.29, 0.717) is 5.69 Å². The van der Waals surface area contributed by atoms with Crippen LogP contribution in [-0.2, 0) is 0 Å². The molecular formula is C7H6ClNO3. The van der Waals surface area contributed by atoms with E-state index in [1.54, 1.807) is 0 Å². The summed E-state index contributed by atoms with van der Waals surface area (Å²) in [5.74, 6) is -0.824. The van der Waals surface area contributed by atoms with E-state index in [9.17, 15) is 4.79 Å². The lowest BCUT2D eigenvalue weighted by atomic mass is 10.2. The average Bonchev–Trinajstić information content (AvgIpc) is 2.75. The SMILES string of the molecule is O=C(O)c1c(C2CC2)noc1Cl. The molecular weight excluding hydrogens is 182 g/mol. The summed E-state index contributed by atoms with van der Waals surface area (Å²) in [6.45, 7) is 0. The standard InChI is InChI=1S/C7H6ClNO3/c8-6-4(7(10)11)5(9-12-6)3-1-2-3/h3H,1-2H2,(H,10,11). The summed E-state index contributed by atoms with van der Waals surface area (Å²) in [5, 5.41) is 12.2. The molecule has 0 saturated heterocycles. The van der Waals surface area contributed by atoms with E-state index in [2.05, 4.69) is 9.68 Å². The van der Waals surface area contributed by atoms with Crippen LogP contribution in [0.15, 0.2) is 4.52 Å². The highest BCUT2D eigenvalue weighted by molar-refractivity contribution is 6.31. The van der Waals surface area contributed by atoms with Gasteiger partial charge in [0.05, 0.1) is 0 Å². The summed E-state index contributed by atoms with van der Waals surface area (Å²) in [4.78, 5) is 10.7. The van der Waals surface area contributed by atoms with Gasteiger partial charge in [0.15, 0.2) is 0 Å². The van der Waals surface area contributed by atoms with Crippen LogP contribution in [0.1, 0.15) is 34.8 Å². The van der Waals surface area contributed by atoms with Crippen molar-refractivity contribution in [2.75, 3.05) is 0 Å². The summed E-state index contributed by atoms with van der Waals surface area (Å²) in [7, 11) is 0. The number of carboxylic acid groups (broad SMARTS) is 1. The van der Waals surface area contributed by atoms with Gasteiger partial charge in [0.2, 0.25) is 5.22 Å². The molecule has 12 heavy (non-hydrogen) atoms. The number of aromatic nitrogens is 1. The Kier molecular flexibility index (Phi) is 1.58. The molecule has 1 aliphatic carbocycles. The quantitative estimate of drug-likeness (QED) is 0.768. The Morgan fingerprint density at radius 2 is 2.33 bits per heavy atom. The van der Waals surface area contributed by atoms with Crippen molar-refractivity contribution in [1.29, 1.82) is 0 Å². The van der Waals surface area contributed by atoms with Crippen molar-refractivity contribution < 1.29 is 14.4 Å². The van der Waals surface area contributed by atoms with Gasteiger partial charge in [-0.1, -0.05) is 5.16 Å². The topological polar surface area (TPSA) is 63.3 Å². The molecule has 1 aliphatic rings. The van der Waals surface area contributed by atoms with Gasteiger partial charge < -0.3 is 9.63 Å². The Hall–Kier alpha value is -1.03. The van der Waals surface area contributed by atoms with E-state index in [-0.39, 0.29) is 16.7 Å². The minimum absolute atomic E-state index is 0.0270. The summed E-state index contributed by atoms with van der Waals surface area (Å²) in [6, 6.07) is 0. The smallest absolute Gasteiger partial charge is 0.342 e. The normalized spacial score (nSPS) is 16.4. The van der Waals surface area contributed by atoms with Gasteiger partial charge in [0, 0.05) is 5.92 Å². The van der Waals surface area contributed by atoms with Crippen molar-refractivity contribution in [3.8, 4) is 0 Å². The second kappa shape index (κ2) is 2.48. The fourth-order valence-electron chi connectivity index (χ4n) is 1.11. The first-order chi connectivity index (χ1) is 5.70. The Morgan fingerprint density at radius 1 is 1.67 bits per heavy atom. The third-order valence-electron chi connectivity index (χ3n) is 1.85. The second-order valence-electron chi connectivity index (χ2n) is 2.80. The molecule has 0 amide bonds. The number of carboxylic acids is 1. The van der Waals surface area contributed by atoms with Crippen molar-refractivity contribution >= 4 is 17.6 Å². The van der Waals surface area contributed by atoms with Crippen molar-refractivity contribution in [1.82, 2.24) is 5.16 Å². The summed E-state index contributed by atoms with van der Waals surface area (Å²) in [6.07, 6.45) is 1.95. The zero-order valence-corrected chi connectivity index (χ0v) is 6.84. The lowest BCUT2D eigenvalue weighted by Crippen LogP contribution is -1.99. The van der Waals surface area contributed by atoms with Crippen LogP contribution in [0.3, 0.4) is 0 Å². The molecule has 1 fully saturated rings. The predicted molar refractivity (Wildman–Crippen MR) is 40.4 cm³/mol. The van der Waals surface area contributed by atoms with E-state index in [1.165, 1.54) is 0 Å². The summed E-state index contributed by atoms with van der Waals surface area (Å²) < 4.78 is 4.59. The fourth-order valence-corrected chi connectivity index (χ4v) is 1.32. The zero-order chi connectivity index (χ0) is 8.72. The van der Waals surface area contributed by atoms with Crippen molar-refractivity contribution in [2.45, 2.75) is 18.8 Å². The molecule has 0 bridgehead atoms. The Bertz CT molecular complexity index is 329. The van der Waals surface area contributed by atoms with Gasteiger partial charge in [-0.15, -0.1) is 0 Å². The number of hydrogen-bond acceptors (Lipinski definition) is 3. The lowest BCUT2D eigenvalue weighted by molar-refractivity contribution is 0.0695. The van der Waals surface area contributed by atoms with Crippen LogP contribution >= 0.6 is 11.6 Å². The molecule has 1 heterocycles. The number of halogens is 1. The maximum Gasteiger partial charge on any atom is 0.342 e. The Labute approximate surface area is 73.1 Å². The van der Waals surface area contributed by atoms with Crippen LogP contribution in [0.2, 0.25) is 5.22 Å². The largest absolute Gasteiger partial charge is 0.477 e. The molecule has 0 spiro atoms. The van der Waals surface area contributed by atoms with Gasteiger partial charge in [-0.3, -0.25) is 0 Å². The van der Waals surface area contributed by atoms with Gasteiger partial charge in [0.1, 0.15) is 11.3 Å². The number of rotatable bonds is 2. The third kappa shape index (κ3) is 1.08. The molecule has 1 N–H and O–H groups in total. The van der Waals surface area contributed by atoms with Gasteiger partial charge in [-0.25, -0.2) is 4.79 Å². The Balaban J connectivity index is 2.46. The molecule has 0 atom stereocenters. The van der Waals surface area contributed by atoms with E-state index < -0.39 is 5.97 Å². The molecule has 64 valence electrons. The first-order valence-corrected chi connectivity index (χ1v) is 3.96. The molecule has 4 nitrogen and oxygen atoms in total. The van der Waals surface area contributed by atoms with E-state index in [4.69, 9.17) is 16.7 Å². The van der Waals surface area contributed by atoms with E-state index >= 15 is 0 Å².